The number of benzene rings is 2. The Morgan fingerprint density at radius 1 is 1.21 bits per heavy atom. The average molecular weight is 399 g/mol. The molecule has 1 aromatic heterocycles. The Balaban J connectivity index is 1.66. The van der Waals surface area contributed by atoms with Gasteiger partial charge in [0.05, 0.1) is 18.1 Å². The number of imidazole rings is 1. The van der Waals surface area contributed by atoms with Crippen LogP contribution in [-0.2, 0) is 17.9 Å². The lowest BCUT2D eigenvalue weighted by Gasteiger charge is -2.10. The Morgan fingerprint density at radius 3 is 2.64 bits per heavy atom. The first-order valence-corrected chi connectivity index (χ1v) is 9.84. The van der Waals surface area contributed by atoms with E-state index in [1.807, 2.05) is 36.6 Å². The number of hydrogen-bond acceptors (Lipinski definition) is 4. The molecule has 2 N–H and O–H groups in total. The first-order chi connectivity index (χ1) is 13.4. The molecule has 0 fully saturated rings. The van der Waals surface area contributed by atoms with Gasteiger partial charge in [0, 0.05) is 18.4 Å². The van der Waals surface area contributed by atoms with Gasteiger partial charge in [-0.2, -0.15) is 0 Å². The van der Waals surface area contributed by atoms with Crippen molar-refractivity contribution in [3.05, 3.63) is 76.9 Å². The summed E-state index contributed by atoms with van der Waals surface area (Å²) in [5.74, 6) is -0.222. The molecular weight excluding hydrogens is 377 g/mol. The van der Waals surface area contributed by atoms with Gasteiger partial charge >= 0.3 is 0 Å². The molecule has 1 heterocycles. The molecule has 3 rings (SSSR count). The minimum absolute atomic E-state index is 0.126. The molecule has 0 atom stereocenters. The largest absolute Gasteiger partial charge is 0.390 e. The number of aliphatic hydroxyl groups excluding tert-OH is 1. The fourth-order valence-corrected chi connectivity index (χ4v) is 3.61. The van der Waals surface area contributed by atoms with Gasteiger partial charge in [-0.05, 0) is 43.2 Å². The van der Waals surface area contributed by atoms with Crippen LogP contribution in [-0.4, -0.2) is 26.3 Å². The molecule has 5 nitrogen and oxygen atoms in total. The van der Waals surface area contributed by atoms with Gasteiger partial charge in [0.1, 0.15) is 5.82 Å². The van der Waals surface area contributed by atoms with Crippen LogP contribution in [0, 0.1) is 19.7 Å². The Morgan fingerprint density at radius 2 is 1.96 bits per heavy atom. The van der Waals surface area contributed by atoms with Gasteiger partial charge in [0.2, 0.25) is 5.91 Å². The molecule has 3 aromatic rings. The van der Waals surface area contributed by atoms with Gasteiger partial charge in [0.25, 0.3) is 0 Å². The maximum absolute atomic E-state index is 13.1. The Kier molecular flexibility index (Phi) is 6.49. The third kappa shape index (κ3) is 5.21. The highest BCUT2D eigenvalue weighted by Gasteiger charge is 2.12. The van der Waals surface area contributed by atoms with Crippen molar-refractivity contribution in [1.29, 1.82) is 0 Å². The molecule has 7 heteroatoms. The number of aryl methyl sites for hydroxylation is 2. The molecule has 0 aliphatic rings. The maximum atomic E-state index is 13.1. The van der Waals surface area contributed by atoms with E-state index in [0.717, 1.165) is 22.4 Å². The van der Waals surface area contributed by atoms with E-state index in [-0.39, 0.29) is 24.1 Å². The summed E-state index contributed by atoms with van der Waals surface area (Å²) in [7, 11) is 0. The van der Waals surface area contributed by atoms with Crippen molar-refractivity contribution >= 4 is 23.4 Å². The highest BCUT2D eigenvalue weighted by Crippen LogP contribution is 2.21. The van der Waals surface area contributed by atoms with Crippen molar-refractivity contribution in [2.24, 2.45) is 0 Å². The number of nitrogens with zero attached hydrogens (tertiary/aromatic N) is 2. The molecule has 0 spiro atoms. The molecule has 0 aliphatic heterocycles. The zero-order chi connectivity index (χ0) is 20.1. The summed E-state index contributed by atoms with van der Waals surface area (Å²) in [6, 6.07) is 12.1. The fraction of sp³-hybridized carbons (Fsp3) is 0.238. The number of aromatic nitrogens is 2. The molecule has 0 saturated heterocycles. The predicted molar refractivity (Wildman–Crippen MR) is 109 cm³/mol. The number of nitrogens with one attached hydrogen (secondary N) is 1. The van der Waals surface area contributed by atoms with Crippen molar-refractivity contribution in [3.63, 3.8) is 0 Å². The van der Waals surface area contributed by atoms with Crippen molar-refractivity contribution in [2.75, 3.05) is 11.1 Å². The van der Waals surface area contributed by atoms with Crippen molar-refractivity contribution in [3.8, 4) is 0 Å². The Hall–Kier alpha value is -2.64. The number of anilines is 1. The standard InChI is InChI=1S/C21H22FN3O2S/c1-14-3-8-19(15(2)9-14)24-20(27)13-28-21-23-18(12-26)11-25(21)10-16-4-6-17(22)7-5-16/h3-9,11,26H,10,12-13H2,1-2H3,(H,24,27). The Bertz CT molecular complexity index is 970. The third-order valence-electron chi connectivity index (χ3n) is 4.21. The minimum atomic E-state index is -0.289. The smallest absolute Gasteiger partial charge is 0.234 e. The van der Waals surface area contributed by atoms with Crippen molar-refractivity contribution < 1.29 is 14.3 Å². The van der Waals surface area contributed by atoms with Crippen LogP contribution in [0.25, 0.3) is 0 Å². The number of rotatable bonds is 7. The molecule has 0 bridgehead atoms. The van der Waals surface area contributed by atoms with Gasteiger partial charge in [-0.25, -0.2) is 9.37 Å². The third-order valence-corrected chi connectivity index (χ3v) is 5.20. The van der Waals surface area contributed by atoms with Crippen molar-refractivity contribution in [1.82, 2.24) is 9.55 Å². The summed E-state index contributed by atoms with van der Waals surface area (Å²) in [4.78, 5) is 16.7. The molecule has 0 saturated carbocycles. The first kappa shape index (κ1) is 20.1. The zero-order valence-corrected chi connectivity index (χ0v) is 16.6. The SMILES string of the molecule is Cc1ccc(NC(=O)CSc2nc(CO)cn2Cc2ccc(F)cc2)c(C)c1. The molecule has 1 amide bonds. The summed E-state index contributed by atoms with van der Waals surface area (Å²) < 4.78 is 15.0. The maximum Gasteiger partial charge on any atom is 0.234 e. The van der Waals surface area contributed by atoms with Crippen LogP contribution in [0.5, 0.6) is 0 Å². The minimum Gasteiger partial charge on any atom is -0.390 e. The lowest BCUT2D eigenvalue weighted by atomic mass is 10.1. The second-order valence-corrected chi connectivity index (χ2v) is 7.53. The summed E-state index contributed by atoms with van der Waals surface area (Å²) in [6.07, 6.45) is 1.74. The molecule has 0 aliphatic carbocycles. The monoisotopic (exact) mass is 399 g/mol. The van der Waals surface area contributed by atoms with Crippen LogP contribution >= 0.6 is 11.8 Å². The molecule has 2 aromatic carbocycles. The topological polar surface area (TPSA) is 67.2 Å². The lowest BCUT2D eigenvalue weighted by Crippen LogP contribution is -2.15. The van der Waals surface area contributed by atoms with Crippen LogP contribution in [0.3, 0.4) is 0 Å². The van der Waals surface area contributed by atoms with Gasteiger partial charge in [-0.3, -0.25) is 4.79 Å². The predicted octanol–water partition coefficient (Wildman–Crippen LogP) is 3.91. The van der Waals surface area contributed by atoms with E-state index >= 15 is 0 Å². The number of carbonyl (C=O) groups is 1. The van der Waals surface area contributed by atoms with E-state index in [2.05, 4.69) is 10.3 Å². The zero-order valence-electron chi connectivity index (χ0n) is 15.8. The van der Waals surface area contributed by atoms with E-state index in [4.69, 9.17) is 0 Å². The molecule has 28 heavy (non-hydrogen) atoms. The number of carbonyl (C=O) groups excluding carboxylic acids is 1. The number of amides is 1. The van der Waals surface area contributed by atoms with Gasteiger partial charge in [0.15, 0.2) is 5.16 Å². The molecule has 0 radical (unpaired) electrons. The van der Waals surface area contributed by atoms with E-state index in [1.165, 1.54) is 23.9 Å². The van der Waals surface area contributed by atoms with Gasteiger partial charge in [-0.15, -0.1) is 0 Å². The second-order valence-electron chi connectivity index (χ2n) is 6.58. The van der Waals surface area contributed by atoms with Crippen LogP contribution in [0.15, 0.2) is 53.8 Å². The summed E-state index contributed by atoms with van der Waals surface area (Å²) in [5.41, 5.74) is 4.38. The van der Waals surface area contributed by atoms with Gasteiger partial charge < -0.3 is 15.0 Å². The van der Waals surface area contributed by atoms with Crippen LogP contribution < -0.4 is 5.32 Å². The normalized spacial score (nSPS) is 10.9. The number of aliphatic hydroxyl groups is 1. The van der Waals surface area contributed by atoms with Crippen LogP contribution in [0.1, 0.15) is 22.4 Å². The number of hydrogen-bond donors (Lipinski definition) is 2. The quantitative estimate of drug-likeness (QED) is 0.591. The van der Waals surface area contributed by atoms with Gasteiger partial charge in [-0.1, -0.05) is 41.6 Å². The highest BCUT2D eigenvalue weighted by molar-refractivity contribution is 7.99. The highest BCUT2D eigenvalue weighted by atomic mass is 32.2. The fourth-order valence-electron chi connectivity index (χ4n) is 2.81. The molecule has 0 unspecified atom stereocenters. The number of halogens is 1. The molecular formula is C21H22FN3O2S. The van der Waals surface area contributed by atoms with Crippen LogP contribution in [0.2, 0.25) is 0 Å². The summed E-state index contributed by atoms with van der Waals surface area (Å²) in [5, 5.41) is 12.9. The summed E-state index contributed by atoms with van der Waals surface area (Å²) >= 11 is 1.30. The van der Waals surface area contributed by atoms with E-state index in [0.29, 0.717) is 17.4 Å². The summed E-state index contributed by atoms with van der Waals surface area (Å²) in [6.45, 7) is 4.26. The average Bonchev–Trinajstić information content (AvgIpc) is 3.06. The first-order valence-electron chi connectivity index (χ1n) is 8.86. The number of thioether (sulfide) groups is 1. The van der Waals surface area contributed by atoms with E-state index in [9.17, 15) is 14.3 Å². The van der Waals surface area contributed by atoms with E-state index in [1.54, 1.807) is 18.3 Å². The lowest BCUT2D eigenvalue weighted by molar-refractivity contribution is -0.113. The van der Waals surface area contributed by atoms with E-state index < -0.39 is 0 Å². The van der Waals surface area contributed by atoms with Crippen molar-refractivity contribution in [2.45, 2.75) is 32.2 Å². The van der Waals surface area contributed by atoms with Crippen LogP contribution in [0.4, 0.5) is 10.1 Å². The Labute approximate surface area is 167 Å². The second kappa shape index (κ2) is 9.03. The molecule has 146 valence electrons.